The molecule has 3 aliphatic heterocycles. The van der Waals surface area contributed by atoms with Crippen molar-refractivity contribution in [3.63, 3.8) is 0 Å². The third-order valence-corrected chi connectivity index (χ3v) is 8.65. The van der Waals surface area contributed by atoms with E-state index in [9.17, 15) is 18.0 Å². The first kappa shape index (κ1) is 23.6. The van der Waals surface area contributed by atoms with Crippen LogP contribution in [0.4, 0.5) is 11.4 Å². The summed E-state index contributed by atoms with van der Waals surface area (Å²) in [5, 5.41) is 2.86. The van der Waals surface area contributed by atoms with E-state index in [1.807, 2.05) is 6.92 Å². The molecule has 2 aromatic carbocycles. The summed E-state index contributed by atoms with van der Waals surface area (Å²) in [6.45, 7) is 4.00. The Morgan fingerprint density at radius 3 is 2.51 bits per heavy atom. The van der Waals surface area contributed by atoms with E-state index in [0.29, 0.717) is 49.2 Å². The van der Waals surface area contributed by atoms with Crippen molar-refractivity contribution in [2.45, 2.75) is 37.5 Å². The Kier molecular flexibility index (Phi) is 6.41. The molecule has 1 N–H and O–H groups in total. The monoisotopic (exact) mass is 499 g/mol. The summed E-state index contributed by atoms with van der Waals surface area (Å²) >= 11 is 0. The molecule has 35 heavy (non-hydrogen) atoms. The lowest BCUT2D eigenvalue weighted by Crippen LogP contribution is -2.35. The van der Waals surface area contributed by atoms with Gasteiger partial charge in [-0.2, -0.15) is 4.31 Å². The fourth-order valence-corrected chi connectivity index (χ4v) is 6.26. The molecular weight excluding hydrogens is 470 g/mol. The number of nitrogens with one attached hydrogen (secondary N) is 1. The number of amides is 2. The Bertz CT molecular complexity index is 1260. The largest absolute Gasteiger partial charge is 0.486 e. The van der Waals surface area contributed by atoms with E-state index in [4.69, 9.17) is 9.47 Å². The van der Waals surface area contributed by atoms with Gasteiger partial charge in [-0.15, -0.1) is 0 Å². The molecule has 2 amide bonds. The summed E-state index contributed by atoms with van der Waals surface area (Å²) in [6.07, 6.45) is 2.81. The van der Waals surface area contributed by atoms with Gasteiger partial charge in [0, 0.05) is 43.5 Å². The molecule has 2 aromatic rings. The lowest BCUT2D eigenvalue weighted by molar-refractivity contribution is -0.122. The average molecular weight is 500 g/mol. The van der Waals surface area contributed by atoms with E-state index in [2.05, 4.69) is 5.32 Å². The predicted molar refractivity (Wildman–Crippen MR) is 130 cm³/mol. The average Bonchev–Trinajstić information content (AvgIpc) is 3.27. The number of fused-ring (bicyclic) bond motifs is 1. The lowest BCUT2D eigenvalue weighted by atomic mass is 10.1. The molecule has 2 fully saturated rings. The summed E-state index contributed by atoms with van der Waals surface area (Å²) in [5.41, 5.74) is 1.85. The zero-order chi connectivity index (χ0) is 24.6. The first-order valence-electron chi connectivity index (χ1n) is 11.9. The molecular formula is C25H29N3O6S. The normalized spacial score (nSPS) is 20.7. The standard InChI is InChI=1S/C25H29N3O6S/c1-17-5-7-20(35(31,32)27-9-3-2-4-10-27)15-21(17)26-25(30)18-13-24(29)28(16-18)19-6-8-22-23(14-19)34-12-11-33-22/h5-8,14-15,18H,2-4,9-13,16H2,1H3,(H,26,30)/t18-/m0/s1. The second kappa shape index (κ2) is 9.50. The maximum atomic E-state index is 13.1. The van der Waals surface area contributed by atoms with Crippen LogP contribution in [0, 0.1) is 12.8 Å². The van der Waals surface area contributed by atoms with Crippen molar-refractivity contribution in [3.8, 4) is 11.5 Å². The molecule has 0 bridgehead atoms. The molecule has 9 nitrogen and oxygen atoms in total. The van der Waals surface area contributed by atoms with Gasteiger partial charge in [0.05, 0.1) is 10.8 Å². The highest BCUT2D eigenvalue weighted by molar-refractivity contribution is 7.89. The Morgan fingerprint density at radius 2 is 1.74 bits per heavy atom. The molecule has 0 unspecified atom stereocenters. The number of aryl methyl sites for hydroxylation is 1. The number of hydrogen-bond donors (Lipinski definition) is 1. The third kappa shape index (κ3) is 4.72. The zero-order valence-corrected chi connectivity index (χ0v) is 20.5. The number of piperidine rings is 1. The van der Waals surface area contributed by atoms with Gasteiger partial charge in [0.25, 0.3) is 0 Å². The highest BCUT2D eigenvalue weighted by Gasteiger charge is 2.36. The van der Waals surface area contributed by atoms with Crippen molar-refractivity contribution in [1.82, 2.24) is 4.31 Å². The molecule has 0 saturated carbocycles. The first-order valence-corrected chi connectivity index (χ1v) is 13.4. The van der Waals surface area contributed by atoms with Crippen molar-refractivity contribution in [3.05, 3.63) is 42.0 Å². The minimum Gasteiger partial charge on any atom is -0.486 e. The van der Waals surface area contributed by atoms with E-state index < -0.39 is 15.9 Å². The molecule has 3 aliphatic rings. The quantitative estimate of drug-likeness (QED) is 0.678. The Morgan fingerprint density at radius 1 is 1.00 bits per heavy atom. The minimum absolute atomic E-state index is 0.0745. The minimum atomic E-state index is -3.62. The fourth-order valence-electron chi connectivity index (χ4n) is 4.72. The van der Waals surface area contributed by atoms with Crippen LogP contribution in [0.1, 0.15) is 31.2 Å². The molecule has 10 heteroatoms. The number of ether oxygens (including phenoxy) is 2. The maximum absolute atomic E-state index is 13.1. The summed E-state index contributed by atoms with van der Waals surface area (Å²) in [7, 11) is -3.62. The van der Waals surface area contributed by atoms with Gasteiger partial charge in [0.15, 0.2) is 11.5 Å². The Labute approximate surface area is 205 Å². The second-order valence-corrected chi connectivity index (χ2v) is 11.1. The van der Waals surface area contributed by atoms with Gasteiger partial charge in [0.2, 0.25) is 21.8 Å². The molecule has 5 rings (SSSR count). The number of anilines is 2. The molecule has 1 atom stereocenters. The van der Waals surface area contributed by atoms with Crippen LogP contribution in [0.2, 0.25) is 0 Å². The Hall–Kier alpha value is -3.11. The molecule has 0 spiro atoms. The van der Waals surface area contributed by atoms with Crippen molar-refractivity contribution in [2.24, 2.45) is 5.92 Å². The number of rotatable bonds is 5. The van der Waals surface area contributed by atoms with Crippen LogP contribution in [-0.2, 0) is 19.6 Å². The molecule has 0 aromatic heterocycles. The fraction of sp³-hybridized carbons (Fsp3) is 0.440. The van der Waals surface area contributed by atoms with Crippen LogP contribution in [0.25, 0.3) is 0 Å². The number of carbonyl (C=O) groups is 2. The van der Waals surface area contributed by atoms with Gasteiger partial charge >= 0.3 is 0 Å². The van der Waals surface area contributed by atoms with E-state index >= 15 is 0 Å². The maximum Gasteiger partial charge on any atom is 0.243 e. The van der Waals surface area contributed by atoms with Crippen LogP contribution < -0.4 is 19.7 Å². The van der Waals surface area contributed by atoms with E-state index in [1.54, 1.807) is 35.2 Å². The second-order valence-electron chi connectivity index (χ2n) is 9.16. The lowest BCUT2D eigenvalue weighted by Gasteiger charge is -2.26. The zero-order valence-electron chi connectivity index (χ0n) is 19.7. The Balaban J connectivity index is 1.30. The van der Waals surface area contributed by atoms with Crippen molar-refractivity contribution >= 4 is 33.2 Å². The number of hydrogen-bond acceptors (Lipinski definition) is 6. The van der Waals surface area contributed by atoms with E-state index in [-0.39, 0.29) is 29.7 Å². The summed E-state index contributed by atoms with van der Waals surface area (Å²) in [5.74, 6) is 0.194. The molecule has 0 radical (unpaired) electrons. The third-order valence-electron chi connectivity index (χ3n) is 6.75. The van der Waals surface area contributed by atoms with Gasteiger partial charge in [-0.25, -0.2) is 8.42 Å². The highest BCUT2D eigenvalue weighted by Crippen LogP contribution is 2.36. The van der Waals surface area contributed by atoms with E-state index in [0.717, 1.165) is 24.8 Å². The number of sulfonamides is 1. The van der Waals surface area contributed by atoms with Gasteiger partial charge in [-0.1, -0.05) is 12.5 Å². The first-order chi connectivity index (χ1) is 16.8. The summed E-state index contributed by atoms with van der Waals surface area (Å²) in [4.78, 5) is 27.6. The van der Waals surface area contributed by atoms with Gasteiger partial charge < -0.3 is 19.7 Å². The summed E-state index contributed by atoms with van der Waals surface area (Å²) < 4.78 is 38.8. The highest BCUT2D eigenvalue weighted by atomic mass is 32.2. The molecule has 186 valence electrons. The van der Waals surface area contributed by atoms with Gasteiger partial charge in [-0.05, 0) is 49.6 Å². The van der Waals surface area contributed by atoms with Crippen LogP contribution >= 0.6 is 0 Å². The molecule has 2 saturated heterocycles. The van der Waals surface area contributed by atoms with Gasteiger partial charge in [0.1, 0.15) is 13.2 Å². The van der Waals surface area contributed by atoms with Gasteiger partial charge in [-0.3, -0.25) is 9.59 Å². The summed E-state index contributed by atoms with van der Waals surface area (Å²) in [6, 6.07) is 10.1. The van der Waals surface area contributed by atoms with Crippen LogP contribution in [0.3, 0.4) is 0 Å². The smallest absolute Gasteiger partial charge is 0.243 e. The van der Waals surface area contributed by atoms with E-state index in [1.165, 1.54) is 10.4 Å². The topological polar surface area (TPSA) is 105 Å². The number of benzene rings is 2. The molecule has 3 heterocycles. The SMILES string of the molecule is Cc1ccc(S(=O)(=O)N2CCCCC2)cc1NC(=O)[C@H]1CC(=O)N(c2ccc3c(c2)OCCO3)C1. The number of nitrogens with zero attached hydrogens (tertiary/aromatic N) is 2. The predicted octanol–water partition coefficient (Wildman–Crippen LogP) is 2.93. The van der Waals surface area contributed by atoms with Crippen LogP contribution in [0.15, 0.2) is 41.3 Å². The van der Waals surface area contributed by atoms with Crippen molar-refractivity contribution < 1.29 is 27.5 Å². The molecule has 0 aliphatic carbocycles. The number of carbonyl (C=O) groups excluding carboxylic acids is 2. The van der Waals surface area contributed by atoms with Crippen LogP contribution in [-0.4, -0.2) is 57.4 Å². The van der Waals surface area contributed by atoms with Crippen molar-refractivity contribution in [1.29, 1.82) is 0 Å². The van der Waals surface area contributed by atoms with Crippen LogP contribution in [0.5, 0.6) is 11.5 Å². The van der Waals surface area contributed by atoms with Crippen molar-refractivity contribution in [2.75, 3.05) is 43.1 Å².